The smallest absolute Gasteiger partial charge is 0.258 e. The molecule has 1 heterocycles. The summed E-state index contributed by atoms with van der Waals surface area (Å²) in [4.78, 5) is 12.1. The standard InChI is InChI=1S/C18H26N2O3.ClH/c1-4-5-14-6-7-16(17(10-14)22-3)23-12-18(21)20-15-8-9-19-11-13(15)2;/h4,6-7,10,13,15,19H,1,5,8-9,11-12H2,2-3H3,(H,20,21);1H. The molecular formula is C18H27ClN2O3. The number of nitrogens with one attached hydrogen (secondary N) is 2. The van der Waals surface area contributed by atoms with Crippen molar-refractivity contribution in [2.24, 2.45) is 5.92 Å². The van der Waals surface area contributed by atoms with Crippen LogP contribution in [-0.4, -0.2) is 38.8 Å². The maximum atomic E-state index is 12.1. The molecule has 0 radical (unpaired) electrons. The van der Waals surface area contributed by atoms with E-state index in [1.807, 2.05) is 24.3 Å². The van der Waals surface area contributed by atoms with E-state index in [9.17, 15) is 4.79 Å². The molecular weight excluding hydrogens is 328 g/mol. The van der Waals surface area contributed by atoms with E-state index in [2.05, 4.69) is 24.1 Å². The summed E-state index contributed by atoms with van der Waals surface area (Å²) < 4.78 is 11.0. The number of halogens is 1. The highest BCUT2D eigenvalue weighted by atomic mass is 35.5. The summed E-state index contributed by atoms with van der Waals surface area (Å²) in [7, 11) is 1.59. The van der Waals surface area contributed by atoms with Gasteiger partial charge in [-0.1, -0.05) is 19.1 Å². The van der Waals surface area contributed by atoms with E-state index < -0.39 is 0 Å². The fourth-order valence-electron chi connectivity index (χ4n) is 2.75. The SMILES string of the molecule is C=CCc1ccc(OCC(=O)NC2CCNCC2C)c(OC)c1.Cl. The predicted molar refractivity (Wildman–Crippen MR) is 98.2 cm³/mol. The Kier molecular flexibility index (Phi) is 8.65. The molecule has 0 spiro atoms. The van der Waals surface area contributed by atoms with E-state index in [-0.39, 0.29) is 31.0 Å². The minimum absolute atomic E-state index is 0. The normalized spacial score (nSPS) is 19.8. The van der Waals surface area contributed by atoms with Crippen LogP contribution in [-0.2, 0) is 11.2 Å². The first-order valence-corrected chi connectivity index (χ1v) is 8.04. The Morgan fingerprint density at radius 2 is 2.25 bits per heavy atom. The van der Waals surface area contributed by atoms with E-state index in [4.69, 9.17) is 9.47 Å². The molecule has 0 aromatic heterocycles. The molecule has 24 heavy (non-hydrogen) atoms. The first-order valence-electron chi connectivity index (χ1n) is 8.04. The number of allylic oxidation sites excluding steroid dienone is 1. The maximum absolute atomic E-state index is 12.1. The number of rotatable bonds is 7. The molecule has 1 aromatic rings. The topological polar surface area (TPSA) is 59.6 Å². The first kappa shape index (κ1) is 20.3. The summed E-state index contributed by atoms with van der Waals surface area (Å²) in [6.07, 6.45) is 3.56. The number of piperidine rings is 1. The largest absolute Gasteiger partial charge is 0.493 e. The van der Waals surface area contributed by atoms with E-state index >= 15 is 0 Å². The van der Waals surface area contributed by atoms with Gasteiger partial charge in [0.2, 0.25) is 0 Å². The van der Waals surface area contributed by atoms with Gasteiger partial charge in [-0.15, -0.1) is 19.0 Å². The molecule has 0 bridgehead atoms. The zero-order valence-electron chi connectivity index (χ0n) is 14.3. The van der Waals surface area contributed by atoms with Crippen molar-refractivity contribution in [2.45, 2.75) is 25.8 Å². The number of hydrogen-bond acceptors (Lipinski definition) is 4. The zero-order chi connectivity index (χ0) is 16.7. The molecule has 1 aliphatic heterocycles. The highest BCUT2D eigenvalue weighted by molar-refractivity contribution is 5.85. The molecule has 134 valence electrons. The van der Waals surface area contributed by atoms with Gasteiger partial charge in [-0.3, -0.25) is 4.79 Å². The number of carbonyl (C=O) groups excluding carboxylic acids is 1. The van der Waals surface area contributed by atoms with Crippen LogP contribution in [0.5, 0.6) is 11.5 Å². The molecule has 1 amide bonds. The second kappa shape index (κ2) is 10.2. The van der Waals surface area contributed by atoms with Gasteiger partial charge < -0.3 is 20.1 Å². The third-order valence-corrected chi connectivity index (χ3v) is 4.10. The van der Waals surface area contributed by atoms with Gasteiger partial charge in [0.15, 0.2) is 18.1 Å². The number of amides is 1. The maximum Gasteiger partial charge on any atom is 0.258 e. The lowest BCUT2D eigenvalue weighted by Gasteiger charge is -2.30. The number of ether oxygens (including phenoxy) is 2. The van der Waals surface area contributed by atoms with Gasteiger partial charge in [0.05, 0.1) is 7.11 Å². The lowest BCUT2D eigenvalue weighted by Crippen LogP contribution is -2.49. The fourth-order valence-corrected chi connectivity index (χ4v) is 2.75. The molecule has 2 rings (SSSR count). The summed E-state index contributed by atoms with van der Waals surface area (Å²) in [5.74, 6) is 1.54. The highest BCUT2D eigenvalue weighted by Crippen LogP contribution is 2.28. The number of hydrogen-bond donors (Lipinski definition) is 2. The van der Waals surface area contributed by atoms with Crippen LogP contribution in [0.4, 0.5) is 0 Å². The lowest BCUT2D eigenvalue weighted by atomic mass is 9.95. The Morgan fingerprint density at radius 1 is 1.46 bits per heavy atom. The first-order chi connectivity index (χ1) is 11.1. The Morgan fingerprint density at radius 3 is 2.92 bits per heavy atom. The van der Waals surface area contributed by atoms with E-state index in [0.29, 0.717) is 17.4 Å². The van der Waals surface area contributed by atoms with Crippen LogP contribution in [0.1, 0.15) is 18.9 Å². The van der Waals surface area contributed by atoms with Crippen molar-refractivity contribution in [2.75, 3.05) is 26.8 Å². The summed E-state index contributed by atoms with van der Waals surface area (Å²) >= 11 is 0. The minimum atomic E-state index is -0.0963. The van der Waals surface area contributed by atoms with Gasteiger partial charge in [-0.2, -0.15) is 0 Å². The van der Waals surface area contributed by atoms with Crippen LogP contribution in [0.25, 0.3) is 0 Å². The van der Waals surface area contributed by atoms with Gasteiger partial charge in [-0.25, -0.2) is 0 Å². The van der Waals surface area contributed by atoms with Crippen LogP contribution in [0, 0.1) is 5.92 Å². The zero-order valence-corrected chi connectivity index (χ0v) is 15.2. The van der Waals surface area contributed by atoms with Crippen molar-refractivity contribution >= 4 is 18.3 Å². The molecule has 1 fully saturated rings. The average molecular weight is 355 g/mol. The number of methoxy groups -OCH3 is 1. The Bertz CT molecular complexity index is 551. The molecule has 2 N–H and O–H groups in total. The summed E-state index contributed by atoms with van der Waals surface area (Å²) in [5, 5.41) is 6.37. The highest BCUT2D eigenvalue weighted by Gasteiger charge is 2.22. The van der Waals surface area contributed by atoms with Gasteiger partial charge in [0, 0.05) is 6.04 Å². The molecule has 2 unspecified atom stereocenters. The molecule has 6 heteroatoms. The molecule has 1 aliphatic rings. The Hall–Kier alpha value is -1.72. The van der Waals surface area contributed by atoms with E-state index in [0.717, 1.165) is 31.5 Å². The summed E-state index contributed by atoms with van der Waals surface area (Å²) in [6, 6.07) is 5.90. The van der Waals surface area contributed by atoms with Crippen molar-refractivity contribution < 1.29 is 14.3 Å². The quantitative estimate of drug-likeness (QED) is 0.738. The van der Waals surface area contributed by atoms with Crippen LogP contribution < -0.4 is 20.1 Å². The van der Waals surface area contributed by atoms with Crippen LogP contribution in [0.2, 0.25) is 0 Å². The minimum Gasteiger partial charge on any atom is -0.493 e. The van der Waals surface area contributed by atoms with Gasteiger partial charge >= 0.3 is 0 Å². The summed E-state index contributed by atoms with van der Waals surface area (Å²) in [5.41, 5.74) is 1.09. The monoisotopic (exact) mass is 354 g/mol. The molecule has 1 aromatic carbocycles. The lowest BCUT2D eigenvalue weighted by molar-refractivity contribution is -0.124. The second-order valence-electron chi connectivity index (χ2n) is 5.91. The van der Waals surface area contributed by atoms with Crippen molar-refractivity contribution in [3.05, 3.63) is 36.4 Å². The molecule has 5 nitrogen and oxygen atoms in total. The molecule has 1 saturated heterocycles. The van der Waals surface area contributed by atoms with Crippen LogP contribution in [0.3, 0.4) is 0 Å². The summed E-state index contributed by atoms with van der Waals surface area (Å²) in [6.45, 7) is 7.73. The number of carbonyl (C=O) groups is 1. The Labute approximate surface area is 150 Å². The van der Waals surface area contributed by atoms with Gasteiger partial charge in [-0.05, 0) is 49.5 Å². The van der Waals surface area contributed by atoms with Crippen molar-refractivity contribution in [3.8, 4) is 11.5 Å². The average Bonchev–Trinajstić information content (AvgIpc) is 2.56. The van der Waals surface area contributed by atoms with Crippen LogP contribution >= 0.6 is 12.4 Å². The Balaban J connectivity index is 0.00000288. The molecule has 2 atom stereocenters. The van der Waals surface area contributed by atoms with E-state index in [1.165, 1.54) is 0 Å². The predicted octanol–water partition coefficient (Wildman–Crippen LogP) is 2.34. The number of benzene rings is 1. The van der Waals surface area contributed by atoms with Crippen molar-refractivity contribution in [1.82, 2.24) is 10.6 Å². The van der Waals surface area contributed by atoms with Gasteiger partial charge in [0.1, 0.15) is 0 Å². The molecule has 0 saturated carbocycles. The third-order valence-electron chi connectivity index (χ3n) is 4.10. The van der Waals surface area contributed by atoms with Crippen molar-refractivity contribution in [1.29, 1.82) is 0 Å². The van der Waals surface area contributed by atoms with Crippen LogP contribution in [0.15, 0.2) is 30.9 Å². The fraction of sp³-hybridized carbons (Fsp3) is 0.500. The van der Waals surface area contributed by atoms with E-state index in [1.54, 1.807) is 7.11 Å². The second-order valence-corrected chi connectivity index (χ2v) is 5.91. The van der Waals surface area contributed by atoms with Crippen molar-refractivity contribution in [3.63, 3.8) is 0 Å². The van der Waals surface area contributed by atoms with Gasteiger partial charge in [0.25, 0.3) is 5.91 Å². The molecule has 0 aliphatic carbocycles. The third kappa shape index (κ3) is 5.73.